The van der Waals surface area contributed by atoms with Crippen LogP contribution in [0.1, 0.15) is 22.8 Å². The monoisotopic (exact) mass is 298 g/mol. The third kappa shape index (κ3) is 3.52. The molecule has 0 radical (unpaired) electrons. The topological polar surface area (TPSA) is 83.8 Å². The van der Waals surface area contributed by atoms with Gasteiger partial charge >= 0.3 is 11.9 Å². The molecular weight excluding hydrogens is 284 g/mol. The highest BCUT2D eigenvalue weighted by molar-refractivity contribution is 5.99. The number of phenols is 1. The summed E-state index contributed by atoms with van der Waals surface area (Å²) in [5.41, 5.74) is 0.636. The summed E-state index contributed by atoms with van der Waals surface area (Å²) < 4.78 is 5.26. The zero-order valence-electron chi connectivity index (χ0n) is 11.8. The quantitative estimate of drug-likeness (QED) is 0.515. The molecule has 0 aliphatic rings. The van der Waals surface area contributed by atoms with Crippen LogP contribution in [-0.2, 0) is 9.53 Å². The predicted octanol–water partition coefficient (Wildman–Crippen LogP) is 3.06. The van der Waals surface area contributed by atoms with Crippen molar-refractivity contribution in [3.05, 3.63) is 71.3 Å². The molecule has 0 unspecified atom stereocenters. The van der Waals surface area contributed by atoms with E-state index < -0.39 is 11.9 Å². The fourth-order valence-electron chi connectivity index (χ4n) is 1.79. The summed E-state index contributed by atoms with van der Waals surface area (Å²) in [5.74, 6) is -1.85. The van der Waals surface area contributed by atoms with E-state index in [9.17, 15) is 14.7 Å². The number of benzene rings is 2. The standard InChI is InChI=1S/C17H14O5/c1-11(16(19)20)15(12-5-3-2-4-6-12)22-17(21)13-7-9-14(18)10-8-13/h2-10,18H,1H3,(H,19,20). The maximum atomic E-state index is 12.1. The van der Waals surface area contributed by atoms with Gasteiger partial charge in [0.15, 0.2) is 0 Å². The Balaban J connectivity index is 2.36. The zero-order valence-corrected chi connectivity index (χ0v) is 11.8. The summed E-state index contributed by atoms with van der Waals surface area (Å²) in [6.45, 7) is 1.37. The molecule has 0 amide bonds. The van der Waals surface area contributed by atoms with E-state index in [0.29, 0.717) is 5.56 Å². The summed E-state index contributed by atoms with van der Waals surface area (Å²) in [7, 11) is 0. The molecule has 2 rings (SSSR count). The van der Waals surface area contributed by atoms with Gasteiger partial charge in [-0.1, -0.05) is 30.3 Å². The van der Waals surface area contributed by atoms with E-state index >= 15 is 0 Å². The third-order valence-electron chi connectivity index (χ3n) is 3.00. The number of aliphatic carboxylic acids is 1. The van der Waals surface area contributed by atoms with Gasteiger partial charge in [0.2, 0.25) is 0 Å². The number of carbonyl (C=O) groups is 2. The molecule has 0 atom stereocenters. The fraction of sp³-hybridized carbons (Fsp3) is 0.0588. The van der Waals surface area contributed by atoms with Crippen LogP contribution in [0.2, 0.25) is 0 Å². The summed E-state index contributed by atoms with van der Waals surface area (Å²) in [6.07, 6.45) is 0. The molecule has 0 fully saturated rings. The molecule has 2 aromatic rings. The van der Waals surface area contributed by atoms with Crippen LogP contribution in [0, 0.1) is 0 Å². The molecule has 2 aromatic carbocycles. The fourth-order valence-corrected chi connectivity index (χ4v) is 1.79. The molecule has 0 heterocycles. The molecule has 112 valence electrons. The van der Waals surface area contributed by atoms with Gasteiger partial charge in [-0.25, -0.2) is 9.59 Å². The smallest absolute Gasteiger partial charge is 0.343 e. The number of hydrogen-bond donors (Lipinski definition) is 2. The number of phenolic OH excluding ortho intramolecular Hbond substituents is 1. The highest BCUT2D eigenvalue weighted by atomic mass is 16.5. The highest BCUT2D eigenvalue weighted by Gasteiger charge is 2.18. The first-order valence-electron chi connectivity index (χ1n) is 6.50. The van der Waals surface area contributed by atoms with Crippen LogP contribution in [0.15, 0.2) is 60.2 Å². The number of esters is 1. The molecule has 2 N–H and O–H groups in total. The Morgan fingerprint density at radius 3 is 2.05 bits per heavy atom. The van der Waals surface area contributed by atoms with Crippen molar-refractivity contribution in [3.8, 4) is 5.75 Å². The summed E-state index contributed by atoms with van der Waals surface area (Å²) in [4.78, 5) is 23.3. The molecule has 0 aromatic heterocycles. The minimum atomic E-state index is -1.17. The largest absolute Gasteiger partial charge is 0.508 e. The van der Waals surface area contributed by atoms with Crippen LogP contribution in [0.25, 0.3) is 5.76 Å². The highest BCUT2D eigenvalue weighted by Crippen LogP contribution is 2.22. The van der Waals surface area contributed by atoms with Gasteiger partial charge < -0.3 is 14.9 Å². The first-order chi connectivity index (χ1) is 10.5. The molecule has 0 aliphatic heterocycles. The molecule has 22 heavy (non-hydrogen) atoms. The lowest BCUT2D eigenvalue weighted by atomic mass is 10.1. The van der Waals surface area contributed by atoms with Crippen molar-refractivity contribution in [2.75, 3.05) is 0 Å². The van der Waals surface area contributed by atoms with E-state index in [1.54, 1.807) is 30.3 Å². The van der Waals surface area contributed by atoms with Gasteiger partial charge in [0.25, 0.3) is 0 Å². The van der Waals surface area contributed by atoms with Crippen LogP contribution in [0.3, 0.4) is 0 Å². The zero-order chi connectivity index (χ0) is 16.1. The van der Waals surface area contributed by atoms with Crippen LogP contribution in [0.4, 0.5) is 0 Å². The van der Waals surface area contributed by atoms with Gasteiger partial charge in [0.05, 0.1) is 11.1 Å². The average molecular weight is 298 g/mol. The molecule has 0 aliphatic carbocycles. The van der Waals surface area contributed by atoms with Crippen LogP contribution in [0.5, 0.6) is 5.75 Å². The maximum Gasteiger partial charge on any atom is 0.343 e. The molecule has 0 bridgehead atoms. The van der Waals surface area contributed by atoms with E-state index in [1.165, 1.54) is 31.2 Å². The lowest BCUT2D eigenvalue weighted by Gasteiger charge is -2.11. The molecule has 5 heteroatoms. The molecular formula is C17H14O5. The average Bonchev–Trinajstić information content (AvgIpc) is 2.53. The van der Waals surface area contributed by atoms with Crippen molar-refractivity contribution in [2.24, 2.45) is 0 Å². The van der Waals surface area contributed by atoms with Crippen molar-refractivity contribution in [1.29, 1.82) is 0 Å². The van der Waals surface area contributed by atoms with E-state index in [2.05, 4.69) is 0 Å². The van der Waals surface area contributed by atoms with Crippen molar-refractivity contribution in [2.45, 2.75) is 6.92 Å². The Kier molecular flexibility index (Phi) is 4.58. The maximum absolute atomic E-state index is 12.1. The lowest BCUT2D eigenvalue weighted by Crippen LogP contribution is -2.09. The summed E-state index contributed by atoms with van der Waals surface area (Å²) in [6, 6.07) is 14.0. The third-order valence-corrected chi connectivity index (χ3v) is 3.00. The summed E-state index contributed by atoms with van der Waals surface area (Å²) >= 11 is 0. The van der Waals surface area contributed by atoms with Gasteiger partial charge in [-0.15, -0.1) is 0 Å². The van der Waals surface area contributed by atoms with E-state index in [-0.39, 0.29) is 22.6 Å². The van der Waals surface area contributed by atoms with Crippen LogP contribution in [-0.4, -0.2) is 22.2 Å². The Bertz CT molecular complexity index is 714. The molecule has 0 saturated carbocycles. The second kappa shape index (κ2) is 6.58. The predicted molar refractivity (Wildman–Crippen MR) is 80.2 cm³/mol. The number of rotatable bonds is 4. The normalized spacial score (nSPS) is 11.5. The Morgan fingerprint density at radius 2 is 1.50 bits per heavy atom. The minimum Gasteiger partial charge on any atom is -0.508 e. The van der Waals surface area contributed by atoms with Crippen molar-refractivity contribution in [3.63, 3.8) is 0 Å². The number of aromatic hydroxyl groups is 1. The Labute approximate surface area is 127 Å². The summed E-state index contributed by atoms with van der Waals surface area (Å²) in [5, 5.41) is 18.4. The van der Waals surface area contributed by atoms with Crippen LogP contribution >= 0.6 is 0 Å². The Morgan fingerprint density at radius 1 is 0.909 bits per heavy atom. The lowest BCUT2D eigenvalue weighted by molar-refractivity contribution is -0.132. The molecule has 5 nitrogen and oxygen atoms in total. The number of ether oxygens (including phenoxy) is 1. The van der Waals surface area contributed by atoms with Gasteiger partial charge in [0.1, 0.15) is 11.5 Å². The van der Waals surface area contributed by atoms with E-state index in [1.807, 2.05) is 0 Å². The van der Waals surface area contributed by atoms with Crippen molar-refractivity contribution in [1.82, 2.24) is 0 Å². The van der Waals surface area contributed by atoms with E-state index in [4.69, 9.17) is 9.84 Å². The van der Waals surface area contributed by atoms with E-state index in [0.717, 1.165) is 0 Å². The molecule has 0 spiro atoms. The first kappa shape index (κ1) is 15.3. The second-order valence-corrected chi connectivity index (χ2v) is 4.56. The first-order valence-corrected chi connectivity index (χ1v) is 6.50. The van der Waals surface area contributed by atoms with Gasteiger partial charge in [-0.2, -0.15) is 0 Å². The van der Waals surface area contributed by atoms with Gasteiger partial charge in [0, 0.05) is 5.56 Å². The number of hydrogen-bond acceptors (Lipinski definition) is 4. The SMILES string of the molecule is CC(C(=O)O)=C(OC(=O)c1ccc(O)cc1)c1ccccc1. The minimum absolute atomic E-state index is 0.00817. The van der Waals surface area contributed by atoms with Crippen molar-refractivity contribution >= 4 is 17.7 Å². The molecule has 0 saturated heterocycles. The number of carboxylic acid groups (broad SMARTS) is 1. The van der Waals surface area contributed by atoms with Crippen LogP contribution < -0.4 is 0 Å². The Hall–Kier alpha value is -3.08. The second-order valence-electron chi connectivity index (χ2n) is 4.56. The van der Waals surface area contributed by atoms with Crippen molar-refractivity contribution < 1.29 is 24.5 Å². The van der Waals surface area contributed by atoms with Gasteiger partial charge in [-0.3, -0.25) is 0 Å². The number of carboxylic acids is 1. The van der Waals surface area contributed by atoms with Gasteiger partial charge in [-0.05, 0) is 31.2 Å². The number of carbonyl (C=O) groups excluding carboxylic acids is 1.